The fourth-order valence-electron chi connectivity index (χ4n) is 2.28. The zero-order valence-electron chi connectivity index (χ0n) is 11.0. The normalized spacial score (nSPS) is 13.2. The first-order valence-electron chi connectivity index (χ1n) is 6.37. The van der Waals surface area contributed by atoms with Crippen LogP contribution in [0.25, 0.3) is 0 Å². The van der Waals surface area contributed by atoms with Crippen LogP contribution in [0.2, 0.25) is 0 Å². The van der Waals surface area contributed by atoms with Gasteiger partial charge in [-0.25, -0.2) is 4.68 Å². The molecule has 1 aromatic heterocycles. The lowest BCUT2D eigenvalue weighted by Gasteiger charge is -2.14. The molecule has 0 radical (unpaired) electrons. The molecule has 0 unspecified atom stereocenters. The van der Waals surface area contributed by atoms with Crippen LogP contribution in [0.4, 0.5) is 11.6 Å². The van der Waals surface area contributed by atoms with E-state index in [0.29, 0.717) is 30.3 Å². The van der Waals surface area contributed by atoms with Crippen molar-refractivity contribution < 1.29 is 9.59 Å². The molecule has 1 aliphatic rings. The number of rotatable bonds is 2. The molecule has 2 amide bonds. The molecular weight excluding hydrogens is 256 g/mol. The van der Waals surface area contributed by atoms with Crippen molar-refractivity contribution in [2.45, 2.75) is 13.5 Å². The number of carbonyl (C=O) groups is 2. The van der Waals surface area contributed by atoms with Crippen LogP contribution in [0.1, 0.15) is 17.3 Å². The van der Waals surface area contributed by atoms with E-state index in [0.717, 1.165) is 0 Å². The Bertz CT molecular complexity index is 663. The van der Waals surface area contributed by atoms with Crippen molar-refractivity contribution in [3.05, 3.63) is 42.0 Å². The predicted octanol–water partition coefficient (Wildman–Crippen LogP) is 1.50. The van der Waals surface area contributed by atoms with E-state index in [4.69, 9.17) is 0 Å². The third-order valence-corrected chi connectivity index (χ3v) is 3.14. The number of hydrogen-bond donors (Lipinski definition) is 1. The smallest absolute Gasteiger partial charge is 0.259 e. The van der Waals surface area contributed by atoms with E-state index < -0.39 is 0 Å². The maximum absolute atomic E-state index is 12.4. The molecule has 6 nitrogen and oxygen atoms in total. The topological polar surface area (TPSA) is 67.2 Å². The van der Waals surface area contributed by atoms with E-state index in [-0.39, 0.29) is 11.8 Å². The van der Waals surface area contributed by atoms with E-state index >= 15 is 0 Å². The summed E-state index contributed by atoms with van der Waals surface area (Å²) in [6.45, 7) is 2.65. The van der Waals surface area contributed by atoms with Gasteiger partial charge in [0, 0.05) is 25.1 Å². The Kier molecular flexibility index (Phi) is 2.98. The summed E-state index contributed by atoms with van der Waals surface area (Å²) in [4.78, 5) is 25.1. The minimum absolute atomic E-state index is 0.0568. The summed E-state index contributed by atoms with van der Waals surface area (Å²) >= 11 is 0. The van der Waals surface area contributed by atoms with E-state index in [1.165, 1.54) is 6.92 Å². The minimum atomic E-state index is -0.178. The number of nitrogens with one attached hydrogen (secondary N) is 1. The van der Waals surface area contributed by atoms with Crippen LogP contribution in [0, 0.1) is 0 Å². The van der Waals surface area contributed by atoms with Crippen LogP contribution in [0.15, 0.2) is 36.4 Å². The summed E-state index contributed by atoms with van der Waals surface area (Å²) in [5, 5.41) is 6.87. The Morgan fingerprint density at radius 3 is 2.65 bits per heavy atom. The minimum Gasteiger partial charge on any atom is -0.309 e. The third kappa shape index (κ3) is 2.16. The Hall–Kier alpha value is -2.63. The summed E-state index contributed by atoms with van der Waals surface area (Å²) < 4.78 is 1.73. The molecule has 2 heterocycles. The van der Waals surface area contributed by atoms with Crippen LogP contribution in [-0.4, -0.2) is 28.1 Å². The summed E-state index contributed by atoms with van der Waals surface area (Å²) in [6.07, 6.45) is 0. The predicted molar refractivity (Wildman–Crippen MR) is 74.6 cm³/mol. The van der Waals surface area contributed by atoms with Crippen molar-refractivity contribution in [3.8, 4) is 0 Å². The van der Waals surface area contributed by atoms with Gasteiger partial charge in [0.25, 0.3) is 5.91 Å². The van der Waals surface area contributed by atoms with Crippen molar-refractivity contribution >= 4 is 23.5 Å². The maximum atomic E-state index is 12.4. The Morgan fingerprint density at radius 1 is 1.20 bits per heavy atom. The lowest BCUT2D eigenvalue weighted by Crippen LogP contribution is -2.28. The Balaban J connectivity index is 1.87. The molecule has 1 aliphatic heterocycles. The van der Waals surface area contributed by atoms with Crippen LogP contribution >= 0.6 is 0 Å². The van der Waals surface area contributed by atoms with Gasteiger partial charge in [-0.15, -0.1) is 0 Å². The number of hydrogen-bond acceptors (Lipinski definition) is 3. The fraction of sp³-hybridized carbons (Fsp3) is 0.214. The highest BCUT2D eigenvalue weighted by Gasteiger charge is 2.27. The quantitative estimate of drug-likeness (QED) is 0.899. The van der Waals surface area contributed by atoms with Crippen LogP contribution in [-0.2, 0) is 11.3 Å². The highest BCUT2D eigenvalue weighted by atomic mass is 16.2. The molecule has 6 heteroatoms. The van der Waals surface area contributed by atoms with Crippen LogP contribution < -0.4 is 10.2 Å². The number of benzene rings is 1. The highest BCUT2D eigenvalue weighted by molar-refractivity contribution is 6.06. The molecule has 3 rings (SSSR count). The lowest BCUT2D eigenvalue weighted by molar-refractivity contribution is -0.114. The maximum Gasteiger partial charge on any atom is 0.259 e. The van der Waals surface area contributed by atoms with Gasteiger partial charge in [-0.3, -0.25) is 14.5 Å². The first-order chi connectivity index (χ1) is 9.65. The van der Waals surface area contributed by atoms with E-state index in [2.05, 4.69) is 10.4 Å². The number of nitrogens with zero attached hydrogens (tertiary/aromatic N) is 3. The average Bonchev–Trinajstić information content (AvgIpc) is 2.98. The van der Waals surface area contributed by atoms with Crippen molar-refractivity contribution in [3.63, 3.8) is 0 Å². The molecule has 2 aromatic rings. The third-order valence-electron chi connectivity index (χ3n) is 3.14. The van der Waals surface area contributed by atoms with Gasteiger partial charge in [0.15, 0.2) is 5.82 Å². The molecule has 102 valence electrons. The van der Waals surface area contributed by atoms with Gasteiger partial charge in [-0.05, 0) is 12.1 Å². The second kappa shape index (κ2) is 4.80. The van der Waals surface area contributed by atoms with E-state index in [1.54, 1.807) is 27.8 Å². The standard InChI is InChI=1S/C14H14N4O2/c1-10(19)15-12-9-13-17(7-8-18(13)16-12)14(20)11-5-3-2-4-6-11/h2-6,9H,7-8H2,1H3,(H,15,16,19). The monoisotopic (exact) mass is 270 g/mol. The summed E-state index contributed by atoms with van der Waals surface area (Å²) in [5.74, 6) is 0.946. The zero-order valence-corrected chi connectivity index (χ0v) is 11.0. The summed E-state index contributed by atoms with van der Waals surface area (Å²) in [7, 11) is 0. The van der Waals surface area contributed by atoms with Gasteiger partial charge in [-0.2, -0.15) is 5.10 Å². The summed E-state index contributed by atoms with van der Waals surface area (Å²) in [5.41, 5.74) is 0.642. The van der Waals surface area contributed by atoms with E-state index in [9.17, 15) is 9.59 Å². The van der Waals surface area contributed by atoms with Gasteiger partial charge in [0.1, 0.15) is 5.82 Å². The molecule has 0 aliphatic carbocycles. The number of carbonyl (C=O) groups excluding carboxylic acids is 2. The van der Waals surface area contributed by atoms with Gasteiger partial charge >= 0.3 is 0 Å². The lowest BCUT2D eigenvalue weighted by atomic mass is 10.2. The molecule has 1 aromatic carbocycles. The van der Waals surface area contributed by atoms with Crippen LogP contribution in [0.3, 0.4) is 0 Å². The van der Waals surface area contributed by atoms with Gasteiger partial charge < -0.3 is 5.32 Å². The Labute approximate surface area is 116 Å². The number of anilines is 2. The molecule has 0 bridgehead atoms. The molecule has 0 saturated heterocycles. The Morgan fingerprint density at radius 2 is 1.95 bits per heavy atom. The van der Waals surface area contributed by atoms with Crippen molar-refractivity contribution in [2.24, 2.45) is 0 Å². The molecule has 0 saturated carbocycles. The number of amides is 2. The first kappa shape index (κ1) is 12.4. The SMILES string of the molecule is CC(=O)Nc1cc2n(n1)CCN2C(=O)c1ccccc1. The fourth-order valence-corrected chi connectivity index (χ4v) is 2.28. The second-order valence-electron chi connectivity index (χ2n) is 4.61. The average molecular weight is 270 g/mol. The molecule has 0 fully saturated rings. The first-order valence-corrected chi connectivity index (χ1v) is 6.37. The van der Waals surface area contributed by atoms with E-state index in [1.807, 2.05) is 18.2 Å². The molecule has 0 atom stereocenters. The van der Waals surface area contributed by atoms with Crippen molar-refractivity contribution in [1.82, 2.24) is 9.78 Å². The van der Waals surface area contributed by atoms with Crippen molar-refractivity contribution in [1.29, 1.82) is 0 Å². The second-order valence-corrected chi connectivity index (χ2v) is 4.61. The molecular formula is C14H14N4O2. The van der Waals surface area contributed by atoms with Crippen molar-refractivity contribution in [2.75, 3.05) is 16.8 Å². The number of fused-ring (bicyclic) bond motifs is 1. The molecule has 0 spiro atoms. The highest BCUT2D eigenvalue weighted by Crippen LogP contribution is 2.26. The van der Waals surface area contributed by atoms with Gasteiger partial charge in [-0.1, -0.05) is 18.2 Å². The van der Waals surface area contributed by atoms with Gasteiger partial charge in [0.05, 0.1) is 6.54 Å². The zero-order chi connectivity index (χ0) is 14.1. The largest absolute Gasteiger partial charge is 0.309 e. The van der Waals surface area contributed by atoms with Crippen LogP contribution in [0.5, 0.6) is 0 Å². The molecule has 20 heavy (non-hydrogen) atoms. The summed E-state index contributed by atoms with van der Waals surface area (Å²) in [6, 6.07) is 10.8. The molecule has 1 N–H and O–H groups in total. The number of aromatic nitrogens is 2. The van der Waals surface area contributed by atoms with Gasteiger partial charge in [0.2, 0.25) is 5.91 Å².